The van der Waals surface area contributed by atoms with Crippen LogP contribution in [0.1, 0.15) is 66.8 Å². The van der Waals surface area contributed by atoms with Gasteiger partial charge in [0.2, 0.25) is 11.8 Å². The molecule has 1 aliphatic rings. The van der Waals surface area contributed by atoms with Crippen molar-refractivity contribution in [3.8, 4) is 0 Å². The summed E-state index contributed by atoms with van der Waals surface area (Å²) in [5.41, 5.74) is 2.03. The number of carboxylic acid groups (broad SMARTS) is 1. The molecule has 0 bridgehead atoms. The van der Waals surface area contributed by atoms with Gasteiger partial charge < -0.3 is 20.5 Å². The standard InChI is InChI=1S/C25H30N2O6S2/c1-3-33-25(32)22-18-10-5-4-6-11-19(18)35-24(22)27-23(31)15(2)34-17-9-7-8-16(14-17)26-20(28)12-13-21(29)30/h7-9,14-15H,3-6,10-13H2,1-2H3,(H,26,28)(H,27,31)(H,29,30). The molecule has 8 nitrogen and oxygen atoms in total. The number of nitrogens with one attached hydrogen (secondary N) is 2. The Morgan fingerprint density at radius 3 is 2.63 bits per heavy atom. The minimum Gasteiger partial charge on any atom is -0.481 e. The van der Waals surface area contributed by atoms with Gasteiger partial charge in [-0.05, 0) is 63.3 Å². The van der Waals surface area contributed by atoms with Crippen LogP contribution in [-0.2, 0) is 32.0 Å². The first kappa shape index (κ1) is 26.7. The fourth-order valence-corrected chi connectivity index (χ4v) is 6.02. The van der Waals surface area contributed by atoms with E-state index in [1.807, 2.05) is 6.07 Å². The van der Waals surface area contributed by atoms with Gasteiger partial charge in [-0.2, -0.15) is 0 Å². The summed E-state index contributed by atoms with van der Waals surface area (Å²) in [5.74, 6) is -2.04. The van der Waals surface area contributed by atoms with Gasteiger partial charge in [0.1, 0.15) is 5.00 Å². The number of benzene rings is 1. The molecule has 2 aromatic rings. The number of rotatable bonds is 10. The number of aliphatic carboxylic acids is 1. The second-order valence-electron chi connectivity index (χ2n) is 8.21. The summed E-state index contributed by atoms with van der Waals surface area (Å²) in [6, 6.07) is 7.04. The summed E-state index contributed by atoms with van der Waals surface area (Å²) >= 11 is 2.79. The van der Waals surface area contributed by atoms with E-state index in [1.54, 1.807) is 32.0 Å². The van der Waals surface area contributed by atoms with Crippen LogP contribution in [0.4, 0.5) is 10.7 Å². The van der Waals surface area contributed by atoms with Gasteiger partial charge in [0.25, 0.3) is 0 Å². The lowest BCUT2D eigenvalue weighted by atomic mass is 10.1. The maximum atomic E-state index is 13.0. The molecule has 0 fully saturated rings. The van der Waals surface area contributed by atoms with Gasteiger partial charge in [0.15, 0.2) is 0 Å². The van der Waals surface area contributed by atoms with Crippen LogP contribution in [0.2, 0.25) is 0 Å². The van der Waals surface area contributed by atoms with Gasteiger partial charge in [0, 0.05) is 21.9 Å². The summed E-state index contributed by atoms with van der Waals surface area (Å²) in [5, 5.41) is 14.4. The number of carbonyl (C=O) groups excluding carboxylic acids is 3. The lowest BCUT2D eigenvalue weighted by Gasteiger charge is -2.13. The molecule has 1 aliphatic carbocycles. The van der Waals surface area contributed by atoms with Gasteiger partial charge in [-0.3, -0.25) is 14.4 Å². The van der Waals surface area contributed by atoms with Crippen molar-refractivity contribution in [1.82, 2.24) is 0 Å². The number of thiophene rings is 1. The zero-order valence-corrected chi connectivity index (χ0v) is 21.5. The van der Waals surface area contributed by atoms with Gasteiger partial charge >= 0.3 is 11.9 Å². The molecule has 1 aromatic carbocycles. The SMILES string of the molecule is CCOC(=O)c1c(NC(=O)C(C)Sc2cccc(NC(=O)CCC(=O)O)c2)sc2c1CCCCC2. The Labute approximate surface area is 212 Å². The van der Waals surface area contributed by atoms with Crippen LogP contribution in [0.5, 0.6) is 0 Å². The van der Waals surface area contributed by atoms with Crippen LogP contribution in [0, 0.1) is 0 Å². The van der Waals surface area contributed by atoms with E-state index in [0.717, 1.165) is 47.4 Å². The molecule has 3 N–H and O–H groups in total. The zero-order chi connectivity index (χ0) is 25.4. The summed E-state index contributed by atoms with van der Waals surface area (Å²) in [6.07, 6.45) is 4.56. The highest BCUT2D eigenvalue weighted by molar-refractivity contribution is 8.00. The van der Waals surface area contributed by atoms with E-state index in [-0.39, 0.29) is 31.3 Å². The third kappa shape index (κ3) is 7.57. The highest BCUT2D eigenvalue weighted by atomic mass is 32.2. The van der Waals surface area contributed by atoms with Crippen LogP contribution >= 0.6 is 23.1 Å². The predicted octanol–water partition coefficient (Wildman–Crippen LogP) is 5.12. The summed E-state index contributed by atoms with van der Waals surface area (Å²) < 4.78 is 5.29. The Morgan fingerprint density at radius 2 is 1.89 bits per heavy atom. The average Bonchev–Trinajstić information content (AvgIpc) is 2.98. The van der Waals surface area contributed by atoms with Crippen molar-refractivity contribution in [1.29, 1.82) is 0 Å². The molecule has 0 aliphatic heterocycles. The van der Waals surface area contributed by atoms with Crippen molar-refractivity contribution in [2.24, 2.45) is 0 Å². The molecule has 1 unspecified atom stereocenters. The van der Waals surface area contributed by atoms with Crippen LogP contribution in [0.15, 0.2) is 29.2 Å². The number of aryl methyl sites for hydroxylation is 1. The second kappa shape index (κ2) is 12.7. The molecule has 1 heterocycles. The molecule has 2 amide bonds. The number of ether oxygens (including phenoxy) is 1. The Balaban J connectivity index is 1.68. The van der Waals surface area contributed by atoms with Crippen molar-refractivity contribution < 1.29 is 29.0 Å². The summed E-state index contributed by atoms with van der Waals surface area (Å²) in [6.45, 7) is 3.82. The normalized spacial score (nSPS) is 13.8. The minimum absolute atomic E-state index is 0.112. The topological polar surface area (TPSA) is 122 Å². The van der Waals surface area contributed by atoms with Gasteiger partial charge in [-0.1, -0.05) is 12.5 Å². The van der Waals surface area contributed by atoms with Crippen LogP contribution in [0.25, 0.3) is 0 Å². The van der Waals surface area contributed by atoms with Crippen LogP contribution < -0.4 is 10.6 Å². The Hall–Kier alpha value is -2.85. The number of anilines is 2. The van der Waals surface area contributed by atoms with Crippen molar-refractivity contribution in [3.05, 3.63) is 40.3 Å². The Kier molecular flexibility index (Phi) is 9.73. The molecule has 1 atom stereocenters. The van der Waals surface area contributed by atoms with Gasteiger partial charge in [-0.25, -0.2) is 4.79 Å². The molecule has 0 spiro atoms. The smallest absolute Gasteiger partial charge is 0.341 e. The van der Waals surface area contributed by atoms with Crippen molar-refractivity contribution in [2.45, 2.75) is 68.9 Å². The van der Waals surface area contributed by atoms with E-state index in [0.29, 0.717) is 16.3 Å². The number of carboxylic acids is 1. The van der Waals surface area contributed by atoms with Crippen molar-refractivity contribution in [2.75, 3.05) is 17.2 Å². The molecule has 35 heavy (non-hydrogen) atoms. The van der Waals surface area contributed by atoms with Crippen LogP contribution in [-0.4, -0.2) is 40.7 Å². The largest absolute Gasteiger partial charge is 0.481 e. The van der Waals surface area contributed by atoms with Crippen molar-refractivity contribution >= 4 is 57.5 Å². The Bertz CT molecular complexity index is 1100. The maximum Gasteiger partial charge on any atom is 0.341 e. The number of esters is 1. The summed E-state index contributed by atoms with van der Waals surface area (Å²) in [4.78, 5) is 50.2. The fourth-order valence-electron chi connectivity index (χ4n) is 3.81. The Morgan fingerprint density at radius 1 is 1.11 bits per heavy atom. The molecule has 0 saturated heterocycles. The molecule has 188 valence electrons. The quantitative estimate of drug-likeness (QED) is 0.227. The third-order valence-corrected chi connectivity index (χ3v) is 7.80. The third-order valence-electron chi connectivity index (χ3n) is 5.50. The first-order valence-corrected chi connectivity index (χ1v) is 13.4. The number of thioether (sulfide) groups is 1. The monoisotopic (exact) mass is 518 g/mol. The first-order chi connectivity index (χ1) is 16.8. The molecular weight excluding hydrogens is 488 g/mol. The van der Waals surface area contributed by atoms with E-state index in [2.05, 4.69) is 10.6 Å². The highest BCUT2D eigenvalue weighted by Crippen LogP contribution is 2.38. The average molecular weight is 519 g/mol. The number of hydrogen-bond donors (Lipinski definition) is 3. The van der Waals surface area contributed by atoms with Gasteiger partial charge in [0.05, 0.1) is 23.8 Å². The lowest BCUT2D eigenvalue weighted by Crippen LogP contribution is -2.23. The molecule has 1 aromatic heterocycles. The molecule has 0 saturated carbocycles. The zero-order valence-electron chi connectivity index (χ0n) is 19.8. The van der Waals surface area contributed by atoms with E-state index in [4.69, 9.17) is 9.84 Å². The number of hydrogen-bond acceptors (Lipinski definition) is 7. The van der Waals surface area contributed by atoms with E-state index < -0.39 is 17.2 Å². The molecule has 3 rings (SSSR count). The first-order valence-electron chi connectivity index (χ1n) is 11.7. The lowest BCUT2D eigenvalue weighted by molar-refractivity contribution is -0.138. The summed E-state index contributed by atoms with van der Waals surface area (Å²) in [7, 11) is 0. The number of amides is 2. The van der Waals surface area contributed by atoms with E-state index in [1.165, 1.54) is 23.1 Å². The second-order valence-corrected chi connectivity index (χ2v) is 10.7. The number of fused-ring (bicyclic) bond motifs is 1. The molecule has 10 heteroatoms. The van der Waals surface area contributed by atoms with E-state index >= 15 is 0 Å². The van der Waals surface area contributed by atoms with Gasteiger partial charge in [-0.15, -0.1) is 23.1 Å². The highest BCUT2D eigenvalue weighted by Gasteiger charge is 2.27. The van der Waals surface area contributed by atoms with Crippen LogP contribution in [0.3, 0.4) is 0 Å². The van der Waals surface area contributed by atoms with Crippen molar-refractivity contribution in [3.63, 3.8) is 0 Å². The fraction of sp³-hybridized carbons (Fsp3) is 0.440. The number of carbonyl (C=O) groups is 4. The minimum atomic E-state index is -1.03. The molecular formula is C25H30N2O6S2. The molecule has 0 radical (unpaired) electrons. The predicted molar refractivity (Wildman–Crippen MR) is 137 cm³/mol. The van der Waals surface area contributed by atoms with E-state index in [9.17, 15) is 19.2 Å². The maximum absolute atomic E-state index is 13.0.